The maximum absolute atomic E-state index is 13.3. The quantitative estimate of drug-likeness (QED) is 0.909. The molecule has 3 rings (SSSR count). The molecule has 1 aromatic rings. The van der Waals surface area contributed by atoms with Crippen molar-refractivity contribution in [1.82, 2.24) is 15.1 Å². The van der Waals surface area contributed by atoms with Crippen LogP contribution in [-0.2, 0) is 4.79 Å². The van der Waals surface area contributed by atoms with Gasteiger partial charge in [0.05, 0.1) is 0 Å². The minimum atomic E-state index is -0.407. The van der Waals surface area contributed by atoms with E-state index in [1.807, 2.05) is 11.8 Å². The van der Waals surface area contributed by atoms with Crippen LogP contribution in [0.25, 0.3) is 0 Å². The minimum Gasteiger partial charge on any atom is -0.341 e. The number of carbonyl (C=O) groups is 2. The first-order chi connectivity index (χ1) is 11.6. The second kappa shape index (κ2) is 7.30. The lowest BCUT2D eigenvalue weighted by molar-refractivity contribution is -0.137. The van der Waals surface area contributed by atoms with Gasteiger partial charge in [0, 0.05) is 37.7 Å². The largest absolute Gasteiger partial charge is 0.341 e. The van der Waals surface area contributed by atoms with Gasteiger partial charge in [-0.25, -0.2) is 4.39 Å². The molecule has 1 aromatic carbocycles. The molecular weight excluding hydrogens is 309 g/mol. The maximum Gasteiger partial charge on any atom is 0.254 e. The lowest BCUT2D eigenvalue weighted by Crippen LogP contribution is -2.51. The van der Waals surface area contributed by atoms with Gasteiger partial charge in [-0.05, 0) is 43.6 Å². The van der Waals surface area contributed by atoms with Crippen molar-refractivity contribution in [2.75, 3.05) is 39.3 Å². The highest BCUT2D eigenvalue weighted by atomic mass is 19.1. The highest BCUT2D eigenvalue weighted by Crippen LogP contribution is 2.20. The van der Waals surface area contributed by atoms with Crippen LogP contribution >= 0.6 is 0 Å². The van der Waals surface area contributed by atoms with E-state index in [9.17, 15) is 14.0 Å². The Bertz CT molecular complexity index is 618. The number of nitrogens with zero attached hydrogens (tertiary/aromatic N) is 2. The summed E-state index contributed by atoms with van der Waals surface area (Å²) >= 11 is 0. The summed E-state index contributed by atoms with van der Waals surface area (Å²) < 4.78 is 13.3. The predicted octanol–water partition coefficient (Wildman–Crippen LogP) is 1.36. The maximum atomic E-state index is 13.3. The Morgan fingerprint density at radius 3 is 2.54 bits per heavy atom. The number of hydrogen-bond acceptors (Lipinski definition) is 3. The molecule has 130 valence electrons. The lowest BCUT2D eigenvalue weighted by Gasteiger charge is -2.34. The van der Waals surface area contributed by atoms with Crippen molar-refractivity contribution < 1.29 is 14.0 Å². The normalized spacial score (nSPS) is 20.2. The highest BCUT2D eigenvalue weighted by molar-refractivity contribution is 5.94. The van der Waals surface area contributed by atoms with E-state index in [0.29, 0.717) is 37.7 Å². The van der Waals surface area contributed by atoms with Crippen LogP contribution in [0.2, 0.25) is 0 Å². The Hall–Kier alpha value is -1.95. The van der Waals surface area contributed by atoms with Crippen molar-refractivity contribution in [3.8, 4) is 0 Å². The van der Waals surface area contributed by atoms with Crippen molar-refractivity contribution in [2.45, 2.75) is 13.3 Å². The van der Waals surface area contributed by atoms with Gasteiger partial charge in [-0.3, -0.25) is 9.59 Å². The van der Waals surface area contributed by atoms with Gasteiger partial charge in [0.2, 0.25) is 5.91 Å². The van der Waals surface area contributed by atoms with E-state index >= 15 is 0 Å². The molecule has 0 aliphatic carbocycles. The highest BCUT2D eigenvalue weighted by Gasteiger charge is 2.32. The topological polar surface area (TPSA) is 52.7 Å². The number of carbonyl (C=O) groups excluding carboxylic acids is 2. The molecule has 24 heavy (non-hydrogen) atoms. The van der Waals surface area contributed by atoms with Crippen LogP contribution in [0.3, 0.4) is 0 Å². The van der Waals surface area contributed by atoms with Crippen molar-refractivity contribution in [3.63, 3.8) is 0 Å². The van der Waals surface area contributed by atoms with Crippen molar-refractivity contribution in [2.24, 2.45) is 11.8 Å². The van der Waals surface area contributed by atoms with Crippen LogP contribution in [0.4, 0.5) is 4.39 Å². The first kappa shape index (κ1) is 16.9. The molecule has 0 aromatic heterocycles. The van der Waals surface area contributed by atoms with Crippen LogP contribution in [0.1, 0.15) is 23.7 Å². The first-order valence-corrected chi connectivity index (χ1v) is 8.60. The molecule has 2 aliphatic rings. The Morgan fingerprint density at radius 2 is 1.88 bits per heavy atom. The van der Waals surface area contributed by atoms with E-state index in [-0.39, 0.29) is 17.7 Å². The van der Waals surface area contributed by atoms with Crippen molar-refractivity contribution in [1.29, 1.82) is 0 Å². The fourth-order valence-electron chi connectivity index (χ4n) is 3.30. The number of amides is 2. The van der Waals surface area contributed by atoms with E-state index in [1.54, 1.807) is 17.0 Å². The molecule has 1 N–H and O–H groups in total. The fraction of sp³-hybridized carbons (Fsp3) is 0.556. The summed E-state index contributed by atoms with van der Waals surface area (Å²) in [5, 5.41) is 3.20. The first-order valence-electron chi connectivity index (χ1n) is 8.60. The molecule has 1 unspecified atom stereocenters. The third kappa shape index (κ3) is 3.59. The number of hydrogen-bond donors (Lipinski definition) is 1. The molecule has 5 nitrogen and oxygen atoms in total. The molecule has 6 heteroatoms. The van der Waals surface area contributed by atoms with Gasteiger partial charge in [0.15, 0.2) is 0 Å². The second-order valence-electron chi connectivity index (χ2n) is 6.69. The summed E-state index contributed by atoms with van der Waals surface area (Å²) in [6.45, 7) is 6.13. The summed E-state index contributed by atoms with van der Waals surface area (Å²) in [7, 11) is 0. The van der Waals surface area contributed by atoms with E-state index in [4.69, 9.17) is 0 Å². The molecular formula is C18H24FN3O2. The smallest absolute Gasteiger partial charge is 0.254 e. The zero-order valence-corrected chi connectivity index (χ0v) is 14.0. The fourth-order valence-corrected chi connectivity index (χ4v) is 3.30. The summed E-state index contributed by atoms with van der Waals surface area (Å²) in [4.78, 5) is 28.7. The van der Waals surface area contributed by atoms with E-state index in [0.717, 1.165) is 19.5 Å². The molecule has 2 saturated heterocycles. The Morgan fingerprint density at radius 1 is 1.17 bits per heavy atom. The van der Waals surface area contributed by atoms with E-state index in [1.165, 1.54) is 12.1 Å². The van der Waals surface area contributed by atoms with E-state index < -0.39 is 5.82 Å². The average molecular weight is 333 g/mol. The summed E-state index contributed by atoms with van der Waals surface area (Å²) in [6.07, 6.45) is 0.752. The van der Waals surface area contributed by atoms with Gasteiger partial charge in [0.1, 0.15) is 5.82 Å². The van der Waals surface area contributed by atoms with Crippen LogP contribution in [0.15, 0.2) is 24.3 Å². The van der Waals surface area contributed by atoms with Gasteiger partial charge >= 0.3 is 0 Å². The monoisotopic (exact) mass is 333 g/mol. The third-order valence-electron chi connectivity index (χ3n) is 5.08. The molecule has 0 spiro atoms. The van der Waals surface area contributed by atoms with Gasteiger partial charge in [-0.2, -0.15) is 0 Å². The Kier molecular flexibility index (Phi) is 5.14. The summed E-state index contributed by atoms with van der Waals surface area (Å²) in [6, 6.07) is 5.77. The van der Waals surface area contributed by atoms with Gasteiger partial charge in [0.25, 0.3) is 5.91 Å². The molecule has 0 saturated carbocycles. The van der Waals surface area contributed by atoms with Crippen LogP contribution < -0.4 is 5.32 Å². The van der Waals surface area contributed by atoms with Crippen LogP contribution in [0.5, 0.6) is 0 Å². The van der Waals surface area contributed by atoms with Crippen molar-refractivity contribution >= 4 is 11.8 Å². The molecule has 2 fully saturated rings. The summed E-state index contributed by atoms with van der Waals surface area (Å²) in [5.74, 6) is 0.0551. The minimum absolute atomic E-state index is 0.0247. The molecule has 2 amide bonds. The van der Waals surface area contributed by atoms with Crippen LogP contribution in [0, 0.1) is 17.7 Å². The molecule has 2 aliphatic heterocycles. The standard InChI is InChI=1S/C18H24FN3O2/c1-13(15-11-20-12-15)17(23)21-6-3-7-22(9-8-21)18(24)14-4-2-5-16(19)10-14/h2,4-5,10,13,15,20H,3,6-9,11-12H2,1H3. The third-order valence-corrected chi connectivity index (χ3v) is 5.08. The predicted molar refractivity (Wildman–Crippen MR) is 89.0 cm³/mol. The van der Waals surface area contributed by atoms with E-state index in [2.05, 4.69) is 5.32 Å². The van der Waals surface area contributed by atoms with Crippen LogP contribution in [-0.4, -0.2) is 60.9 Å². The second-order valence-corrected chi connectivity index (χ2v) is 6.69. The van der Waals surface area contributed by atoms with Crippen molar-refractivity contribution in [3.05, 3.63) is 35.6 Å². The Labute approximate surface area is 141 Å². The molecule has 1 atom stereocenters. The average Bonchev–Trinajstić information content (AvgIpc) is 2.77. The zero-order valence-electron chi connectivity index (χ0n) is 14.0. The molecule has 0 bridgehead atoms. The molecule has 0 radical (unpaired) electrons. The Balaban J connectivity index is 1.60. The van der Waals surface area contributed by atoms with Gasteiger partial charge in [-0.15, -0.1) is 0 Å². The van der Waals surface area contributed by atoms with Gasteiger partial charge < -0.3 is 15.1 Å². The summed E-state index contributed by atoms with van der Waals surface area (Å²) in [5.41, 5.74) is 0.365. The number of rotatable bonds is 3. The SMILES string of the molecule is CC(C(=O)N1CCCN(C(=O)c2cccc(F)c2)CC1)C1CNC1. The number of halogens is 1. The number of benzene rings is 1. The molecule has 2 heterocycles. The number of nitrogens with one attached hydrogen (secondary N) is 1. The lowest BCUT2D eigenvalue weighted by atomic mass is 9.88. The zero-order chi connectivity index (χ0) is 17.1. The van der Waals surface area contributed by atoms with Gasteiger partial charge in [-0.1, -0.05) is 13.0 Å².